The van der Waals surface area contributed by atoms with Crippen molar-refractivity contribution in [2.75, 3.05) is 0 Å². The second kappa shape index (κ2) is 9.79. The van der Waals surface area contributed by atoms with E-state index in [-0.39, 0.29) is 23.9 Å². The predicted octanol–water partition coefficient (Wildman–Crippen LogP) is 2.78. The Kier molecular flexibility index (Phi) is 7.09. The Morgan fingerprint density at radius 2 is 1.94 bits per heavy atom. The van der Waals surface area contributed by atoms with E-state index >= 15 is 0 Å². The van der Waals surface area contributed by atoms with Gasteiger partial charge in [-0.05, 0) is 42.0 Å². The molecule has 33 heavy (non-hydrogen) atoms. The van der Waals surface area contributed by atoms with Crippen molar-refractivity contribution in [3.63, 3.8) is 0 Å². The molecular weight excluding hydrogens is 441 g/mol. The van der Waals surface area contributed by atoms with Gasteiger partial charge in [0.1, 0.15) is 13.2 Å². The van der Waals surface area contributed by atoms with E-state index in [1.54, 1.807) is 19.1 Å². The van der Waals surface area contributed by atoms with Gasteiger partial charge in [0.05, 0.1) is 17.1 Å². The van der Waals surface area contributed by atoms with Crippen LogP contribution in [0.4, 0.5) is 13.2 Å². The molecule has 0 aliphatic carbocycles. The first-order valence-electron chi connectivity index (χ1n) is 10.0. The van der Waals surface area contributed by atoms with Gasteiger partial charge in [-0.15, -0.1) is 5.10 Å². The first kappa shape index (κ1) is 23.9. The Balaban J connectivity index is 1.81. The molecule has 2 aromatic heterocycles. The summed E-state index contributed by atoms with van der Waals surface area (Å²) in [7, 11) is 1.50. The van der Waals surface area contributed by atoms with Crippen LogP contribution >= 0.6 is 0 Å². The summed E-state index contributed by atoms with van der Waals surface area (Å²) in [6.45, 7) is 4.08. The van der Waals surface area contributed by atoms with Gasteiger partial charge in [-0.1, -0.05) is 19.1 Å². The molecule has 0 N–H and O–H groups in total. The average Bonchev–Trinajstić information content (AvgIpc) is 3.34. The van der Waals surface area contributed by atoms with Gasteiger partial charge in [-0.25, -0.2) is 4.79 Å². The fourth-order valence-electron chi connectivity index (χ4n) is 3.01. The minimum atomic E-state index is -4.40. The van der Waals surface area contributed by atoms with E-state index in [2.05, 4.69) is 25.7 Å². The topological polar surface area (TPSA) is 104 Å². The van der Waals surface area contributed by atoms with Gasteiger partial charge in [-0.2, -0.15) is 32.7 Å². The van der Waals surface area contributed by atoms with Crippen LogP contribution in [0, 0.1) is 6.92 Å². The quantitative estimate of drug-likeness (QED) is 0.304. The predicted molar refractivity (Wildman–Crippen MR) is 114 cm³/mol. The molecule has 1 aromatic carbocycles. The maximum Gasteiger partial charge on any atom is 0.408 e. The summed E-state index contributed by atoms with van der Waals surface area (Å²) in [5.41, 5.74) is 2.17. The second-order valence-corrected chi connectivity index (χ2v) is 7.18. The van der Waals surface area contributed by atoms with Gasteiger partial charge in [0.15, 0.2) is 0 Å². The zero-order valence-electron chi connectivity index (χ0n) is 18.5. The smallest absolute Gasteiger partial charge is 0.408 e. The highest BCUT2D eigenvalue weighted by molar-refractivity contribution is 5.97. The standard InChI is InChI=1S/C20H23F3N8O2/c1-5-18(26-25-14(3)16-9-10-24-30(16)12-20(21,22)23)33-11-15-13(2)7-6-8-17(15)31-19(32)29(4)27-28-31/h6-10H,5,11-12H2,1-4H3. The molecule has 0 aliphatic rings. The number of hydrogen-bond acceptors (Lipinski definition) is 7. The highest BCUT2D eigenvalue weighted by Crippen LogP contribution is 2.19. The summed E-state index contributed by atoms with van der Waals surface area (Å²) in [6, 6.07) is 6.83. The van der Waals surface area contributed by atoms with E-state index in [4.69, 9.17) is 4.74 Å². The number of nitrogens with zero attached hydrogens (tertiary/aromatic N) is 8. The number of aryl methyl sites for hydroxylation is 2. The SMILES string of the molecule is CCC(=NN=C(C)c1ccnn1CC(F)(F)F)OCc1c(C)cccc1-n1nnn(C)c1=O. The molecule has 176 valence electrons. The highest BCUT2D eigenvalue weighted by Gasteiger charge is 2.29. The summed E-state index contributed by atoms with van der Waals surface area (Å²) >= 11 is 0. The third-order valence-electron chi connectivity index (χ3n) is 4.75. The molecule has 13 heteroatoms. The first-order chi connectivity index (χ1) is 15.6. The van der Waals surface area contributed by atoms with Crippen LogP contribution in [0.1, 0.15) is 37.1 Å². The van der Waals surface area contributed by atoms with Crippen molar-refractivity contribution in [2.24, 2.45) is 17.3 Å². The molecule has 3 aromatic rings. The van der Waals surface area contributed by atoms with E-state index in [1.807, 2.05) is 19.9 Å². The van der Waals surface area contributed by atoms with Crippen LogP contribution in [0.2, 0.25) is 0 Å². The van der Waals surface area contributed by atoms with E-state index in [1.165, 1.54) is 24.0 Å². The van der Waals surface area contributed by atoms with Crippen LogP contribution in [-0.2, 0) is 24.9 Å². The molecule has 0 spiro atoms. The van der Waals surface area contributed by atoms with Crippen LogP contribution in [0.5, 0.6) is 0 Å². The van der Waals surface area contributed by atoms with Gasteiger partial charge < -0.3 is 4.74 Å². The number of hydrogen-bond donors (Lipinski definition) is 0. The van der Waals surface area contributed by atoms with Gasteiger partial charge in [0.2, 0.25) is 5.90 Å². The molecule has 0 saturated carbocycles. The molecule has 0 saturated heterocycles. The maximum absolute atomic E-state index is 12.7. The molecule has 0 aliphatic heterocycles. The zero-order chi connectivity index (χ0) is 24.2. The normalized spacial score (nSPS) is 12.9. The number of aromatic nitrogens is 6. The van der Waals surface area contributed by atoms with Gasteiger partial charge >= 0.3 is 11.9 Å². The summed E-state index contributed by atoms with van der Waals surface area (Å²) in [5, 5.41) is 19.4. The Hall–Kier alpha value is -3.77. The molecule has 0 radical (unpaired) electrons. The van der Waals surface area contributed by atoms with Crippen LogP contribution in [0.3, 0.4) is 0 Å². The van der Waals surface area contributed by atoms with Gasteiger partial charge in [0.25, 0.3) is 0 Å². The van der Waals surface area contributed by atoms with E-state index in [0.29, 0.717) is 17.7 Å². The Morgan fingerprint density at radius 3 is 2.58 bits per heavy atom. The molecule has 0 atom stereocenters. The first-order valence-corrected chi connectivity index (χ1v) is 10.0. The van der Waals surface area contributed by atoms with Crippen molar-refractivity contribution in [3.8, 4) is 5.69 Å². The summed E-state index contributed by atoms with van der Waals surface area (Å²) < 4.78 is 47.1. The van der Waals surface area contributed by atoms with Crippen molar-refractivity contribution < 1.29 is 17.9 Å². The number of rotatable bonds is 7. The maximum atomic E-state index is 12.7. The summed E-state index contributed by atoms with van der Waals surface area (Å²) in [5.74, 6) is 0.275. The van der Waals surface area contributed by atoms with Gasteiger partial charge in [-0.3, -0.25) is 4.68 Å². The van der Waals surface area contributed by atoms with Crippen LogP contribution in [0.25, 0.3) is 5.69 Å². The largest absolute Gasteiger partial charge is 0.475 e. The summed E-state index contributed by atoms with van der Waals surface area (Å²) in [6.07, 6.45) is -2.74. The third kappa shape index (κ3) is 5.73. The number of alkyl halides is 3. The fourth-order valence-corrected chi connectivity index (χ4v) is 3.01. The molecular formula is C20H23F3N8O2. The fraction of sp³-hybridized carbons (Fsp3) is 0.400. The lowest BCUT2D eigenvalue weighted by atomic mass is 10.1. The zero-order valence-corrected chi connectivity index (χ0v) is 18.5. The third-order valence-corrected chi connectivity index (χ3v) is 4.75. The Morgan fingerprint density at radius 1 is 1.18 bits per heavy atom. The van der Waals surface area contributed by atoms with E-state index < -0.39 is 18.4 Å². The molecule has 0 bridgehead atoms. The van der Waals surface area contributed by atoms with Gasteiger partial charge in [0, 0.05) is 25.2 Å². The molecule has 0 amide bonds. The second-order valence-electron chi connectivity index (χ2n) is 7.18. The minimum Gasteiger partial charge on any atom is -0.475 e. The molecule has 0 fully saturated rings. The van der Waals surface area contributed by atoms with Crippen molar-refractivity contribution in [1.82, 2.24) is 29.6 Å². The number of ether oxygens (including phenoxy) is 1. The van der Waals surface area contributed by atoms with Crippen molar-refractivity contribution >= 4 is 11.6 Å². The van der Waals surface area contributed by atoms with E-state index in [9.17, 15) is 18.0 Å². The summed E-state index contributed by atoms with van der Waals surface area (Å²) in [4.78, 5) is 12.3. The number of benzene rings is 1. The van der Waals surface area contributed by atoms with Crippen molar-refractivity contribution in [2.45, 2.75) is 46.5 Å². The molecule has 10 nitrogen and oxygen atoms in total. The lowest BCUT2D eigenvalue weighted by molar-refractivity contribution is -0.142. The average molecular weight is 464 g/mol. The van der Waals surface area contributed by atoms with Crippen molar-refractivity contribution in [3.05, 3.63) is 57.8 Å². The monoisotopic (exact) mass is 464 g/mol. The Bertz CT molecular complexity index is 1240. The number of halogens is 3. The minimum absolute atomic E-state index is 0.0816. The lowest BCUT2D eigenvalue weighted by Crippen LogP contribution is -2.23. The lowest BCUT2D eigenvalue weighted by Gasteiger charge is -2.13. The van der Waals surface area contributed by atoms with Crippen molar-refractivity contribution in [1.29, 1.82) is 0 Å². The van der Waals surface area contributed by atoms with Crippen LogP contribution in [0.15, 0.2) is 45.5 Å². The van der Waals surface area contributed by atoms with Crippen LogP contribution < -0.4 is 5.69 Å². The highest BCUT2D eigenvalue weighted by atomic mass is 19.4. The molecule has 3 rings (SSSR count). The molecule has 2 heterocycles. The van der Waals surface area contributed by atoms with Crippen LogP contribution in [-0.4, -0.2) is 47.4 Å². The number of tetrazole rings is 1. The van der Waals surface area contributed by atoms with E-state index in [0.717, 1.165) is 14.9 Å². The Labute approximate surface area is 187 Å². The molecule has 0 unspecified atom stereocenters.